The van der Waals surface area contributed by atoms with E-state index in [-0.39, 0.29) is 6.04 Å². The molecule has 126 valence electrons. The average Bonchev–Trinajstić information content (AvgIpc) is 2.63. The summed E-state index contributed by atoms with van der Waals surface area (Å²) in [4.78, 5) is 4.11. The summed E-state index contributed by atoms with van der Waals surface area (Å²) in [6.07, 6.45) is 1.69. The standard InChI is InChI=1S/C18H16ClN5O/c1-10(13-6-4-5-12(8-20)17(13)25-3)22-18-14-7-16(19)21-9-15(14)11(2)23-24-18/h4-7,9-10H,1-3H3,(H,22,24). The Hall–Kier alpha value is -2.91. The number of aromatic nitrogens is 3. The fourth-order valence-corrected chi connectivity index (χ4v) is 2.91. The Labute approximate surface area is 150 Å². The van der Waals surface area contributed by atoms with Gasteiger partial charge in [-0.3, -0.25) is 0 Å². The van der Waals surface area contributed by atoms with Crippen molar-refractivity contribution in [1.29, 1.82) is 5.26 Å². The Bertz CT molecular complexity index is 983. The Morgan fingerprint density at radius 3 is 2.80 bits per heavy atom. The molecule has 0 amide bonds. The summed E-state index contributed by atoms with van der Waals surface area (Å²) in [7, 11) is 1.55. The molecule has 1 aromatic carbocycles. The fourth-order valence-electron chi connectivity index (χ4n) is 2.75. The zero-order valence-corrected chi connectivity index (χ0v) is 14.8. The van der Waals surface area contributed by atoms with Crippen molar-refractivity contribution in [3.63, 3.8) is 0 Å². The van der Waals surface area contributed by atoms with Crippen LogP contribution in [0.2, 0.25) is 5.15 Å². The lowest BCUT2D eigenvalue weighted by molar-refractivity contribution is 0.406. The van der Waals surface area contributed by atoms with Gasteiger partial charge in [-0.2, -0.15) is 10.4 Å². The van der Waals surface area contributed by atoms with Gasteiger partial charge in [-0.05, 0) is 26.0 Å². The minimum atomic E-state index is -0.157. The number of rotatable bonds is 4. The molecule has 0 saturated carbocycles. The SMILES string of the molecule is COc1c(C#N)cccc1C(C)Nc1nnc(C)c2cnc(Cl)cc12. The summed E-state index contributed by atoms with van der Waals surface area (Å²) < 4.78 is 5.42. The molecule has 0 saturated heterocycles. The first-order valence-corrected chi connectivity index (χ1v) is 8.05. The number of nitriles is 1. The highest BCUT2D eigenvalue weighted by molar-refractivity contribution is 6.30. The maximum Gasteiger partial charge on any atom is 0.157 e. The van der Waals surface area contributed by atoms with Crippen LogP contribution in [-0.2, 0) is 0 Å². The smallest absolute Gasteiger partial charge is 0.157 e. The quantitative estimate of drug-likeness (QED) is 0.712. The van der Waals surface area contributed by atoms with E-state index in [0.717, 1.165) is 22.0 Å². The lowest BCUT2D eigenvalue weighted by Gasteiger charge is -2.19. The van der Waals surface area contributed by atoms with Crippen molar-refractivity contribution in [3.8, 4) is 11.8 Å². The number of nitrogens with one attached hydrogen (secondary N) is 1. The number of aryl methyl sites for hydroxylation is 1. The number of fused-ring (bicyclic) bond motifs is 1. The van der Waals surface area contributed by atoms with E-state index in [4.69, 9.17) is 16.3 Å². The summed E-state index contributed by atoms with van der Waals surface area (Å²) in [6, 6.07) is 9.21. The number of benzene rings is 1. The number of para-hydroxylation sites is 1. The largest absolute Gasteiger partial charge is 0.495 e. The number of methoxy groups -OCH3 is 1. The van der Waals surface area contributed by atoms with Crippen molar-refractivity contribution in [3.05, 3.63) is 52.4 Å². The molecule has 0 spiro atoms. The second kappa shape index (κ2) is 6.91. The fraction of sp³-hybridized carbons (Fsp3) is 0.222. The van der Waals surface area contributed by atoms with Crippen LogP contribution in [0.4, 0.5) is 5.82 Å². The number of halogens is 1. The summed E-state index contributed by atoms with van der Waals surface area (Å²) in [5.41, 5.74) is 2.12. The van der Waals surface area contributed by atoms with Crippen LogP contribution in [0.25, 0.3) is 10.8 Å². The van der Waals surface area contributed by atoms with E-state index in [0.29, 0.717) is 22.3 Å². The summed E-state index contributed by atoms with van der Waals surface area (Å²) >= 11 is 6.04. The molecule has 1 atom stereocenters. The maximum absolute atomic E-state index is 9.25. The lowest BCUT2D eigenvalue weighted by atomic mass is 10.0. The van der Waals surface area contributed by atoms with Gasteiger partial charge in [0.1, 0.15) is 17.0 Å². The van der Waals surface area contributed by atoms with Gasteiger partial charge in [-0.25, -0.2) is 4.98 Å². The molecule has 0 aliphatic rings. The van der Waals surface area contributed by atoms with Crippen LogP contribution in [0.15, 0.2) is 30.5 Å². The Morgan fingerprint density at radius 1 is 1.28 bits per heavy atom. The van der Waals surface area contributed by atoms with Gasteiger partial charge in [0.25, 0.3) is 0 Å². The number of hydrogen-bond donors (Lipinski definition) is 1. The first-order chi connectivity index (χ1) is 12.0. The molecule has 6 nitrogen and oxygen atoms in total. The van der Waals surface area contributed by atoms with Crippen LogP contribution in [0, 0.1) is 18.3 Å². The van der Waals surface area contributed by atoms with Crippen LogP contribution < -0.4 is 10.1 Å². The molecular formula is C18H16ClN5O. The monoisotopic (exact) mass is 353 g/mol. The highest BCUT2D eigenvalue weighted by Gasteiger charge is 2.17. The molecule has 2 aromatic heterocycles. The number of anilines is 1. The Balaban J connectivity index is 2.04. The molecule has 0 aliphatic heterocycles. The minimum Gasteiger partial charge on any atom is -0.495 e. The third-order valence-corrected chi connectivity index (χ3v) is 4.21. The van der Waals surface area contributed by atoms with Crippen LogP contribution in [0.3, 0.4) is 0 Å². The zero-order chi connectivity index (χ0) is 18.0. The molecule has 0 radical (unpaired) electrons. The first-order valence-electron chi connectivity index (χ1n) is 7.67. The molecule has 3 rings (SSSR count). The molecule has 0 bridgehead atoms. The molecule has 0 aliphatic carbocycles. The van der Waals surface area contributed by atoms with Gasteiger partial charge in [0, 0.05) is 22.5 Å². The Morgan fingerprint density at radius 2 is 2.08 bits per heavy atom. The lowest BCUT2D eigenvalue weighted by Crippen LogP contribution is -2.11. The molecule has 2 heterocycles. The van der Waals surface area contributed by atoms with Crippen molar-refractivity contribution in [2.24, 2.45) is 0 Å². The first kappa shape index (κ1) is 16.9. The van der Waals surface area contributed by atoms with E-state index in [9.17, 15) is 5.26 Å². The number of ether oxygens (including phenoxy) is 1. The van der Waals surface area contributed by atoms with Crippen LogP contribution in [-0.4, -0.2) is 22.3 Å². The van der Waals surface area contributed by atoms with E-state index in [1.807, 2.05) is 26.0 Å². The van der Waals surface area contributed by atoms with Crippen LogP contribution >= 0.6 is 11.6 Å². The summed E-state index contributed by atoms with van der Waals surface area (Å²) in [5, 5.41) is 23.1. The van der Waals surface area contributed by atoms with E-state index in [1.54, 1.807) is 25.4 Å². The normalized spacial score (nSPS) is 11.8. The zero-order valence-electron chi connectivity index (χ0n) is 14.0. The third kappa shape index (κ3) is 3.19. The molecule has 1 N–H and O–H groups in total. The van der Waals surface area contributed by atoms with Crippen molar-refractivity contribution in [2.45, 2.75) is 19.9 Å². The number of pyridine rings is 1. The predicted octanol–water partition coefficient (Wildman–Crippen LogP) is 4.04. The molecule has 1 unspecified atom stereocenters. The summed E-state index contributed by atoms with van der Waals surface area (Å²) in [5.74, 6) is 1.15. The molecule has 0 fully saturated rings. The van der Waals surface area contributed by atoms with E-state index in [2.05, 4.69) is 26.6 Å². The van der Waals surface area contributed by atoms with E-state index >= 15 is 0 Å². The van der Waals surface area contributed by atoms with Gasteiger partial charge in [-0.15, -0.1) is 5.10 Å². The molecule has 7 heteroatoms. The average molecular weight is 354 g/mol. The van der Waals surface area contributed by atoms with Crippen molar-refractivity contribution >= 4 is 28.2 Å². The third-order valence-electron chi connectivity index (χ3n) is 4.01. The van der Waals surface area contributed by atoms with Gasteiger partial charge in [0.15, 0.2) is 5.82 Å². The van der Waals surface area contributed by atoms with Crippen molar-refractivity contribution < 1.29 is 4.74 Å². The van der Waals surface area contributed by atoms with Crippen molar-refractivity contribution in [1.82, 2.24) is 15.2 Å². The molecule has 3 aromatic rings. The van der Waals surface area contributed by atoms with Gasteiger partial charge >= 0.3 is 0 Å². The van der Waals surface area contributed by atoms with Crippen molar-refractivity contribution in [2.75, 3.05) is 12.4 Å². The van der Waals surface area contributed by atoms with Gasteiger partial charge < -0.3 is 10.1 Å². The number of hydrogen-bond acceptors (Lipinski definition) is 6. The predicted molar refractivity (Wildman–Crippen MR) is 96.8 cm³/mol. The second-order valence-corrected chi connectivity index (χ2v) is 5.98. The second-order valence-electron chi connectivity index (χ2n) is 5.59. The number of nitrogens with zero attached hydrogens (tertiary/aromatic N) is 4. The topological polar surface area (TPSA) is 83.7 Å². The van der Waals surface area contributed by atoms with E-state index < -0.39 is 0 Å². The van der Waals surface area contributed by atoms with Gasteiger partial charge in [0.2, 0.25) is 0 Å². The highest BCUT2D eigenvalue weighted by atomic mass is 35.5. The highest BCUT2D eigenvalue weighted by Crippen LogP contribution is 2.32. The minimum absolute atomic E-state index is 0.157. The van der Waals surface area contributed by atoms with Gasteiger partial charge in [0.05, 0.1) is 24.4 Å². The Kier molecular flexibility index (Phi) is 4.68. The van der Waals surface area contributed by atoms with Crippen LogP contribution in [0.1, 0.15) is 29.8 Å². The molecule has 25 heavy (non-hydrogen) atoms. The molecular weight excluding hydrogens is 338 g/mol. The summed E-state index contributed by atoms with van der Waals surface area (Å²) in [6.45, 7) is 3.84. The maximum atomic E-state index is 9.25. The van der Waals surface area contributed by atoms with Crippen LogP contribution in [0.5, 0.6) is 5.75 Å². The van der Waals surface area contributed by atoms with Gasteiger partial charge in [-0.1, -0.05) is 23.7 Å². The van der Waals surface area contributed by atoms with E-state index in [1.165, 1.54) is 0 Å².